The average molecular weight is 323 g/mol. The lowest BCUT2D eigenvalue weighted by Gasteiger charge is -2.16. The van der Waals surface area contributed by atoms with Gasteiger partial charge in [0.25, 0.3) is 5.91 Å². The van der Waals surface area contributed by atoms with E-state index in [1.54, 1.807) is 12.1 Å². The Hall–Kier alpha value is -2.44. The van der Waals surface area contributed by atoms with Crippen LogP contribution in [0.4, 0.5) is 0 Å². The topological polar surface area (TPSA) is 94.1 Å². The average Bonchev–Trinajstić information content (AvgIpc) is 3.02. The number of benzene rings is 1. The Labute approximate surface area is 134 Å². The van der Waals surface area contributed by atoms with Crippen LogP contribution in [0.15, 0.2) is 12.1 Å². The molecule has 2 N–H and O–H groups in total. The molecule has 0 heterocycles. The third kappa shape index (κ3) is 3.67. The third-order valence-electron chi connectivity index (χ3n) is 4.07. The molecule has 0 aromatic heterocycles. The molecule has 126 valence electrons. The zero-order chi connectivity index (χ0) is 17.0. The monoisotopic (exact) mass is 323 g/mol. The molecule has 1 amide bonds. The van der Waals surface area contributed by atoms with E-state index in [0.717, 1.165) is 0 Å². The highest BCUT2D eigenvalue weighted by atomic mass is 16.5. The lowest BCUT2D eigenvalue weighted by atomic mass is 10.1. The van der Waals surface area contributed by atoms with Crippen molar-refractivity contribution < 1.29 is 28.9 Å². The Bertz CT molecular complexity index is 600. The molecule has 1 saturated carbocycles. The van der Waals surface area contributed by atoms with Crippen LogP contribution in [-0.2, 0) is 4.79 Å². The van der Waals surface area contributed by atoms with E-state index in [2.05, 4.69) is 5.32 Å². The van der Waals surface area contributed by atoms with Gasteiger partial charge in [-0.25, -0.2) is 0 Å². The molecule has 0 aliphatic heterocycles. The van der Waals surface area contributed by atoms with Crippen LogP contribution >= 0.6 is 0 Å². The van der Waals surface area contributed by atoms with Gasteiger partial charge in [0.05, 0.1) is 32.8 Å². The van der Waals surface area contributed by atoms with Crippen LogP contribution < -0.4 is 19.5 Å². The molecule has 1 aliphatic rings. The first-order valence-corrected chi connectivity index (χ1v) is 7.33. The van der Waals surface area contributed by atoms with Crippen LogP contribution in [0.2, 0.25) is 0 Å². The summed E-state index contributed by atoms with van der Waals surface area (Å²) in [4.78, 5) is 23.5. The van der Waals surface area contributed by atoms with Gasteiger partial charge in [0.1, 0.15) is 5.75 Å². The van der Waals surface area contributed by atoms with Crippen LogP contribution in [-0.4, -0.2) is 44.4 Å². The Morgan fingerprint density at radius 3 is 2.17 bits per heavy atom. The quantitative estimate of drug-likeness (QED) is 0.827. The van der Waals surface area contributed by atoms with Crippen LogP contribution in [0.5, 0.6) is 17.2 Å². The normalized spacial score (nSPS) is 20.0. The second-order valence-electron chi connectivity index (χ2n) is 5.43. The van der Waals surface area contributed by atoms with E-state index in [4.69, 9.17) is 19.3 Å². The van der Waals surface area contributed by atoms with Crippen molar-refractivity contribution in [3.63, 3.8) is 0 Å². The van der Waals surface area contributed by atoms with Crippen molar-refractivity contribution in [3.8, 4) is 17.2 Å². The van der Waals surface area contributed by atoms with Crippen molar-refractivity contribution in [3.05, 3.63) is 17.7 Å². The predicted octanol–water partition coefficient (Wildman–Crippen LogP) is 1.70. The number of amides is 1. The standard InChI is InChI=1S/C16H21NO6/c1-21-12-8-14(23-3)13(22-2)7-11(12)15(18)17-10-5-4-9(6-10)16(19)20/h7-10H,4-6H2,1-3H3,(H,17,18)(H,19,20)/t9-,10+/m0/s1. The van der Waals surface area contributed by atoms with Crippen molar-refractivity contribution in [1.29, 1.82) is 0 Å². The van der Waals surface area contributed by atoms with Gasteiger partial charge in [-0.05, 0) is 19.3 Å². The zero-order valence-corrected chi connectivity index (χ0v) is 13.4. The van der Waals surface area contributed by atoms with Crippen molar-refractivity contribution in [2.24, 2.45) is 5.92 Å². The van der Waals surface area contributed by atoms with Crippen LogP contribution in [0, 0.1) is 5.92 Å². The minimum absolute atomic E-state index is 0.151. The maximum atomic E-state index is 12.5. The van der Waals surface area contributed by atoms with Gasteiger partial charge >= 0.3 is 5.97 Å². The maximum Gasteiger partial charge on any atom is 0.306 e. The summed E-state index contributed by atoms with van der Waals surface area (Å²) in [6, 6.07) is 2.99. The summed E-state index contributed by atoms with van der Waals surface area (Å²) < 4.78 is 15.6. The van der Waals surface area contributed by atoms with Crippen LogP contribution in [0.1, 0.15) is 29.6 Å². The molecule has 0 radical (unpaired) electrons. The number of methoxy groups -OCH3 is 3. The van der Waals surface area contributed by atoms with Crippen molar-refractivity contribution in [2.75, 3.05) is 21.3 Å². The summed E-state index contributed by atoms with van der Waals surface area (Å²) in [5, 5.41) is 11.9. The zero-order valence-electron chi connectivity index (χ0n) is 13.4. The Morgan fingerprint density at radius 2 is 1.65 bits per heavy atom. The molecular weight excluding hydrogens is 302 g/mol. The van der Waals surface area contributed by atoms with Gasteiger partial charge in [-0.3, -0.25) is 9.59 Å². The van der Waals surface area contributed by atoms with Gasteiger partial charge in [0.2, 0.25) is 0 Å². The summed E-state index contributed by atoms with van der Waals surface area (Å²) in [5.74, 6) is -0.272. The number of carbonyl (C=O) groups is 2. The second kappa shape index (κ2) is 7.21. The number of nitrogens with one attached hydrogen (secondary N) is 1. The Kier molecular flexibility index (Phi) is 5.31. The molecule has 23 heavy (non-hydrogen) atoms. The fraction of sp³-hybridized carbons (Fsp3) is 0.500. The van der Waals surface area contributed by atoms with Gasteiger partial charge < -0.3 is 24.6 Å². The van der Waals surface area contributed by atoms with E-state index < -0.39 is 11.9 Å². The first-order chi connectivity index (χ1) is 11.0. The van der Waals surface area contributed by atoms with E-state index >= 15 is 0 Å². The van der Waals surface area contributed by atoms with Gasteiger partial charge in [-0.15, -0.1) is 0 Å². The highest BCUT2D eigenvalue weighted by molar-refractivity contribution is 5.98. The molecule has 0 unspecified atom stereocenters. The summed E-state index contributed by atoms with van der Waals surface area (Å²) in [5.41, 5.74) is 0.323. The summed E-state index contributed by atoms with van der Waals surface area (Å²) >= 11 is 0. The largest absolute Gasteiger partial charge is 0.496 e. The van der Waals surface area contributed by atoms with Crippen molar-refractivity contribution in [2.45, 2.75) is 25.3 Å². The highest BCUT2D eigenvalue weighted by Crippen LogP contribution is 2.35. The number of rotatable bonds is 6. The minimum Gasteiger partial charge on any atom is -0.496 e. The molecular formula is C16H21NO6. The molecule has 1 aliphatic carbocycles. The first-order valence-electron chi connectivity index (χ1n) is 7.33. The molecule has 7 nitrogen and oxygen atoms in total. The van der Waals surface area contributed by atoms with Gasteiger partial charge in [-0.2, -0.15) is 0 Å². The van der Waals surface area contributed by atoms with Gasteiger partial charge in [0.15, 0.2) is 11.5 Å². The van der Waals surface area contributed by atoms with E-state index in [9.17, 15) is 9.59 Å². The van der Waals surface area contributed by atoms with E-state index in [0.29, 0.717) is 42.1 Å². The molecule has 2 atom stereocenters. The van der Waals surface area contributed by atoms with Crippen LogP contribution in [0.25, 0.3) is 0 Å². The summed E-state index contributed by atoms with van der Waals surface area (Å²) in [7, 11) is 4.45. The number of hydrogen-bond donors (Lipinski definition) is 2. The fourth-order valence-electron chi connectivity index (χ4n) is 2.81. The molecule has 0 saturated heterocycles. The SMILES string of the molecule is COc1cc(OC)c(C(=O)N[C@@H]2CC[C@H](C(=O)O)C2)cc1OC. The smallest absolute Gasteiger partial charge is 0.306 e. The van der Waals surface area contributed by atoms with Crippen molar-refractivity contribution in [1.82, 2.24) is 5.32 Å². The van der Waals surface area contributed by atoms with Gasteiger partial charge in [-0.1, -0.05) is 0 Å². The predicted molar refractivity (Wildman–Crippen MR) is 82.3 cm³/mol. The number of hydrogen-bond acceptors (Lipinski definition) is 5. The molecule has 1 fully saturated rings. The van der Waals surface area contributed by atoms with Crippen LogP contribution in [0.3, 0.4) is 0 Å². The Morgan fingerprint density at radius 1 is 1.04 bits per heavy atom. The number of ether oxygens (including phenoxy) is 3. The fourth-order valence-corrected chi connectivity index (χ4v) is 2.81. The Balaban J connectivity index is 2.17. The first kappa shape index (κ1) is 16.9. The lowest BCUT2D eigenvalue weighted by Crippen LogP contribution is -2.33. The lowest BCUT2D eigenvalue weighted by molar-refractivity contribution is -0.141. The summed E-state index contributed by atoms with van der Waals surface area (Å²) in [6.45, 7) is 0. The van der Waals surface area contributed by atoms with Crippen molar-refractivity contribution >= 4 is 11.9 Å². The number of carbonyl (C=O) groups excluding carboxylic acids is 1. The third-order valence-corrected chi connectivity index (χ3v) is 4.07. The summed E-state index contributed by atoms with van der Waals surface area (Å²) in [6.07, 6.45) is 1.67. The number of carboxylic acid groups (broad SMARTS) is 1. The van der Waals surface area contributed by atoms with Gasteiger partial charge in [0, 0.05) is 18.2 Å². The van der Waals surface area contributed by atoms with E-state index in [-0.39, 0.29) is 11.9 Å². The molecule has 1 aromatic rings. The molecule has 1 aromatic carbocycles. The minimum atomic E-state index is -0.814. The molecule has 0 bridgehead atoms. The molecule has 7 heteroatoms. The molecule has 2 rings (SSSR count). The highest BCUT2D eigenvalue weighted by Gasteiger charge is 2.31. The number of aliphatic carboxylic acids is 1. The maximum absolute atomic E-state index is 12.5. The van der Waals surface area contributed by atoms with E-state index in [1.165, 1.54) is 21.3 Å². The number of carboxylic acids is 1. The molecule has 0 spiro atoms. The van der Waals surface area contributed by atoms with E-state index in [1.807, 2.05) is 0 Å². The second-order valence-corrected chi connectivity index (χ2v) is 5.43.